The van der Waals surface area contributed by atoms with Crippen LogP contribution in [0.5, 0.6) is 28.9 Å². The van der Waals surface area contributed by atoms with E-state index in [0.29, 0.717) is 22.6 Å². The van der Waals surface area contributed by atoms with Gasteiger partial charge in [-0.15, -0.1) is 0 Å². The lowest BCUT2D eigenvalue weighted by Gasteiger charge is -2.14. The van der Waals surface area contributed by atoms with Gasteiger partial charge in [-0.2, -0.15) is 8.78 Å². The van der Waals surface area contributed by atoms with Crippen LogP contribution in [0.15, 0.2) is 66.2 Å². The van der Waals surface area contributed by atoms with E-state index in [-0.39, 0.29) is 28.0 Å². The summed E-state index contributed by atoms with van der Waals surface area (Å²) in [6.45, 7) is -1.31. The molecule has 11 nitrogen and oxygen atoms in total. The standard InChI is InChI=1S/C24H18F2N6O5S/c1-13-10-29-17(12-28-13)22-31-15-8-19(35-14-5-6-21(30-11-14)38(2,33)34)20(9-16(15)32-22)36-18-4-3-7-27-23(18)37-24(25)26/h3-12,24H,1-2H3,(H,31,32). The monoisotopic (exact) mass is 540 g/mol. The van der Waals surface area contributed by atoms with E-state index in [1.807, 2.05) is 6.92 Å². The lowest BCUT2D eigenvalue weighted by atomic mass is 10.2. The molecule has 0 fully saturated rings. The van der Waals surface area contributed by atoms with Crippen LogP contribution in [0.1, 0.15) is 5.69 Å². The maximum atomic E-state index is 12.9. The molecule has 0 aliphatic heterocycles. The van der Waals surface area contributed by atoms with Gasteiger partial charge in [-0.3, -0.25) is 4.98 Å². The second-order valence-electron chi connectivity index (χ2n) is 7.94. The average Bonchev–Trinajstić information content (AvgIpc) is 3.28. The quantitative estimate of drug-likeness (QED) is 0.294. The molecule has 0 atom stereocenters. The Hall–Kier alpha value is -4.72. The number of alkyl halides is 2. The van der Waals surface area contributed by atoms with Crippen LogP contribution >= 0.6 is 0 Å². The highest BCUT2D eigenvalue weighted by molar-refractivity contribution is 7.90. The minimum Gasteiger partial charge on any atom is -0.452 e. The number of hydrogen-bond acceptors (Lipinski definition) is 10. The van der Waals surface area contributed by atoms with Gasteiger partial charge in [-0.25, -0.2) is 28.4 Å². The van der Waals surface area contributed by atoms with Crippen LogP contribution in [-0.4, -0.2) is 51.2 Å². The summed E-state index contributed by atoms with van der Waals surface area (Å²) in [7, 11) is -3.51. The fourth-order valence-electron chi connectivity index (χ4n) is 3.33. The Morgan fingerprint density at radius 1 is 0.921 bits per heavy atom. The molecule has 5 aromatic rings. The number of H-pyrrole nitrogens is 1. The van der Waals surface area contributed by atoms with E-state index < -0.39 is 22.3 Å². The van der Waals surface area contributed by atoms with Crippen molar-refractivity contribution in [2.75, 3.05) is 6.26 Å². The first-order chi connectivity index (χ1) is 18.2. The van der Waals surface area contributed by atoms with Gasteiger partial charge in [0, 0.05) is 30.8 Å². The first-order valence-electron chi connectivity index (χ1n) is 10.9. The van der Waals surface area contributed by atoms with Gasteiger partial charge in [0.05, 0.1) is 29.1 Å². The minimum atomic E-state index is -3.51. The number of halogens is 2. The van der Waals surface area contributed by atoms with Gasteiger partial charge in [-0.05, 0) is 31.2 Å². The molecular weight excluding hydrogens is 522 g/mol. The number of aromatic amines is 1. The maximum Gasteiger partial charge on any atom is 0.388 e. The molecule has 14 heteroatoms. The summed E-state index contributed by atoms with van der Waals surface area (Å²) in [5.74, 6) is 0.334. The number of aryl methyl sites for hydroxylation is 1. The van der Waals surface area contributed by atoms with Crippen molar-refractivity contribution in [2.45, 2.75) is 18.6 Å². The predicted octanol–water partition coefficient (Wildman–Crippen LogP) is 4.71. The molecule has 0 bridgehead atoms. The van der Waals surface area contributed by atoms with Crippen molar-refractivity contribution in [3.05, 3.63) is 66.9 Å². The third-order valence-electron chi connectivity index (χ3n) is 5.04. The summed E-state index contributed by atoms with van der Waals surface area (Å²) in [5.41, 5.74) is 2.23. The number of ether oxygens (including phenoxy) is 3. The smallest absolute Gasteiger partial charge is 0.388 e. The van der Waals surface area contributed by atoms with Crippen molar-refractivity contribution < 1.29 is 31.4 Å². The lowest BCUT2D eigenvalue weighted by molar-refractivity contribution is -0.0541. The van der Waals surface area contributed by atoms with Gasteiger partial charge >= 0.3 is 6.61 Å². The van der Waals surface area contributed by atoms with Gasteiger partial charge < -0.3 is 19.2 Å². The zero-order chi connectivity index (χ0) is 26.9. The highest BCUT2D eigenvalue weighted by atomic mass is 32.2. The molecule has 4 heterocycles. The van der Waals surface area contributed by atoms with Crippen molar-refractivity contribution in [1.29, 1.82) is 0 Å². The van der Waals surface area contributed by atoms with Crippen molar-refractivity contribution in [2.24, 2.45) is 0 Å². The van der Waals surface area contributed by atoms with Gasteiger partial charge in [0.2, 0.25) is 0 Å². The van der Waals surface area contributed by atoms with Gasteiger partial charge in [0.25, 0.3) is 5.88 Å². The first kappa shape index (κ1) is 25.0. The van der Waals surface area contributed by atoms with Crippen LogP contribution in [-0.2, 0) is 9.84 Å². The number of rotatable bonds is 8. The average molecular weight is 541 g/mol. The SMILES string of the molecule is Cc1cnc(-c2nc3cc(Oc4cccnc4OC(F)F)c(Oc4ccc(S(C)(=O)=O)nc4)cc3[nH]2)cn1. The van der Waals surface area contributed by atoms with E-state index in [4.69, 9.17) is 9.47 Å². The van der Waals surface area contributed by atoms with Crippen molar-refractivity contribution >= 4 is 20.9 Å². The van der Waals surface area contributed by atoms with Crippen LogP contribution < -0.4 is 14.2 Å². The Morgan fingerprint density at radius 3 is 2.42 bits per heavy atom. The Labute approximate surface area is 214 Å². The molecule has 0 unspecified atom stereocenters. The largest absolute Gasteiger partial charge is 0.452 e. The van der Waals surface area contributed by atoms with E-state index >= 15 is 0 Å². The fourth-order valence-corrected chi connectivity index (χ4v) is 3.89. The van der Waals surface area contributed by atoms with Crippen LogP contribution in [0.4, 0.5) is 8.78 Å². The van der Waals surface area contributed by atoms with Gasteiger partial charge in [-0.1, -0.05) is 0 Å². The molecule has 0 saturated heterocycles. The third kappa shape index (κ3) is 5.49. The fraction of sp³-hybridized carbons (Fsp3) is 0.125. The number of aromatic nitrogens is 6. The summed E-state index contributed by atoms with van der Waals surface area (Å²) in [5, 5.41) is -0.127. The Morgan fingerprint density at radius 2 is 1.74 bits per heavy atom. The zero-order valence-electron chi connectivity index (χ0n) is 19.8. The van der Waals surface area contributed by atoms with E-state index in [0.717, 1.165) is 11.9 Å². The number of hydrogen-bond donors (Lipinski definition) is 1. The Bertz CT molecular complexity index is 1710. The molecule has 5 rings (SSSR count). The number of fused-ring (bicyclic) bond motifs is 1. The van der Waals surface area contributed by atoms with Crippen LogP contribution in [0.3, 0.4) is 0 Å². The maximum absolute atomic E-state index is 12.9. The lowest BCUT2D eigenvalue weighted by Crippen LogP contribution is -2.05. The van der Waals surface area contributed by atoms with Crippen molar-refractivity contribution in [3.63, 3.8) is 0 Å². The molecule has 0 spiro atoms. The van der Waals surface area contributed by atoms with Gasteiger partial charge in [0.15, 0.2) is 37.9 Å². The Balaban J connectivity index is 1.57. The van der Waals surface area contributed by atoms with Crippen LogP contribution in [0, 0.1) is 6.92 Å². The number of imidazole rings is 1. The molecular formula is C24H18F2N6O5S. The molecule has 0 aliphatic carbocycles. The van der Waals surface area contributed by atoms with E-state index in [1.54, 1.807) is 18.5 Å². The molecule has 1 aromatic carbocycles. The number of benzene rings is 1. The molecule has 0 amide bonds. The molecule has 38 heavy (non-hydrogen) atoms. The summed E-state index contributed by atoms with van der Waals surface area (Å²) >= 11 is 0. The second-order valence-corrected chi connectivity index (χ2v) is 9.90. The van der Waals surface area contributed by atoms with Crippen molar-refractivity contribution in [1.82, 2.24) is 29.9 Å². The van der Waals surface area contributed by atoms with Gasteiger partial charge in [0.1, 0.15) is 11.4 Å². The molecule has 194 valence electrons. The number of nitrogens with zero attached hydrogens (tertiary/aromatic N) is 5. The highest BCUT2D eigenvalue weighted by Gasteiger charge is 2.19. The van der Waals surface area contributed by atoms with E-state index in [9.17, 15) is 17.2 Å². The van der Waals surface area contributed by atoms with E-state index in [2.05, 4.69) is 34.6 Å². The molecule has 4 aromatic heterocycles. The molecule has 0 radical (unpaired) electrons. The minimum absolute atomic E-state index is 0.0878. The molecule has 0 aliphatic rings. The summed E-state index contributed by atoms with van der Waals surface area (Å²) in [6.07, 6.45) is 6.73. The molecule has 1 N–H and O–H groups in total. The highest BCUT2D eigenvalue weighted by Crippen LogP contribution is 2.40. The number of pyridine rings is 2. The normalized spacial score (nSPS) is 11.6. The summed E-state index contributed by atoms with van der Waals surface area (Å²) in [4.78, 5) is 23.9. The van der Waals surface area contributed by atoms with Crippen LogP contribution in [0.25, 0.3) is 22.6 Å². The predicted molar refractivity (Wildman–Crippen MR) is 130 cm³/mol. The van der Waals surface area contributed by atoms with Crippen LogP contribution in [0.2, 0.25) is 0 Å². The summed E-state index contributed by atoms with van der Waals surface area (Å²) < 4.78 is 65.6. The summed E-state index contributed by atoms with van der Waals surface area (Å²) in [6, 6.07) is 8.72. The number of sulfone groups is 1. The number of nitrogens with one attached hydrogen (secondary N) is 1. The zero-order valence-corrected chi connectivity index (χ0v) is 20.6. The molecule has 0 saturated carbocycles. The Kier molecular flexibility index (Phi) is 6.55. The van der Waals surface area contributed by atoms with E-state index in [1.165, 1.54) is 42.7 Å². The second kappa shape index (κ2) is 9.97. The van der Waals surface area contributed by atoms with Crippen molar-refractivity contribution in [3.8, 4) is 40.4 Å². The topological polar surface area (TPSA) is 142 Å². The third-order valence-corrected chi connectivity index (χ3v) is 6.05. The first-order valence-corrected chi connectivity index (χ1v) is 12.8.